The fourth-order valence-corrected chi connectivity index (χ4v) is 14.3. The summed E-state index contributed by atoms with van der Waals surface area (Å²) >= 11 is 0. The van der Waals surface area contributed by atoms with Gasteiger partial charge in [0, 0.05) is 25.7 Å². The molecule has 0 heterocycles. The Morgan fingerprint density at radius 1 is 0.287 bits per heavy atom. The van der Waals surface area contributed by atoms with Crippen molar-refractivity contribution in [1.82, 2.24) is 0 Å². The summed E-state index contributed by atoms with van der Waals surface area (Å²) < 4.78 is 68.8. The summed E-state index contributed by atoms with van der Waals surface area (Å²) in [5.74, 6) is -0.578. The molecule has 0 aromatic heterocycles. The standard InChI is InChI=1S/C82H160O17P2/c1-7-10-12-14-16-18-20-22-24-26-27-28-29-31-33-35-40-48-54-60-66-81(86)98-77(70-92-79(84)64-58-52-46-39-34-32-30-25-23-21-19-17-15-13-11-8-2)72-96-100(88,89)94-68-76(83)69-95-101(90,91)97-73-78(71-93-80(85)65-59-53-47-43-42-45-51-57-63-75(6)9-3)99-82(87)67-61-55-49-41-37-36-38-44-50-56-62-74(4)5/h74-78,83H,7-73H2,1-6H3,(H,88,89)(H,90,91)/t75?,76-,77-,78-/m1/s1. The predicted molar refractivity (Wildman–Crippen MR) is 414 cm³/mol. The number of aliphatic hydroxyl groups excluding tert-OH is 1. The van der Waals surface area contributed by atoms with E-state index in [0.717, 1.165) is 102 Å². The molecule has 101 heavy (non-hydrogen) atoms. The van der Waals surface area contributed by atoms with Crippen LogP contribution in [0.2, 0.25) is 0 Å². The average Bonchev–Trinajstić information content (AvgIpc) is 1.21. The third-order valence-corrected chi connectivity index (χ3v) is 21.5. The fraction of sp³-hybridized carbons (Fsp3) is 0.951. The molecule has 3 N–H and O–H groups in total. The number of esters is 4. The minimum atomic E-state index is -4.96. The van der Waals surface area contributed by atoms with Crippen LogP contribution in [0.5, 0.6) is 0 Å². The lowest BCUT2D eigenvalue weighted by Gasteiger charge is -2.21. The van der Waals surface area contributed by atoms with Crippen LogP contribution in [0, 0.1) is 11.8 Å². The van der Waals surface area contributed by atoms with Crippen molar-refractivity contribution in [2.24, 2.45) is 11.8 Å². The fourth-order valence-electron chi connectivity index (χ4n) is 12.7. The monoisotopic (exact) mass is 1480 g/mol. The lowest BCUT2D eigenvalue weighted by molar-refractivity contribution is -0.161. The minimum Gasteiger partial charge on any atom is -0.462 e. The first-order valence-electron chi connectivity index (χ1n) is 42.5. The third kappa shape index (κ3) is 74.7. The maximum atomic E-state index is 13.1. The Kier molecular flexibility index (Phi) is 72.2. The summed E-state index contributed by atoms with van der Waals surface area (Å²) in [6.45, 7) is 9.64. The van der Waals surface area contributed by atoms with Crippen molar-refractivity contribution >= 4 is 39.5 Å². The van der Waals surface area contributed by atoms with Crippen LogP contribution in [0.4, 0.5) is 0 Å². The Hall–Kier alpha value is -1.94. The number of phosphoric acid groups is 2. The molecule has 0 aromatic carbocycles. The molecule has 0 bridgehead atoms. The SMILES string of the molecule is CCCCCCCCCCCCCCCCCCCCCCC(=O)O[C@H](COC(=O)CCCCCCCCCCCCCCCCCC)COP(=O)(O)OC[C@@H](O)COP(=O)(O)OC[C@@H](COC(=O)CCCCCCCCCCC(C)CC)OC(=O)CCCCCCCCCCCCC(C)C. The van der Waals surface area contributed by atoms with Crippen LogP contribution < -0.4 is 0 Å². The van der Waals surface area contributed by atoms with Crippen molar-refractivity contribution in [3.63, 3.8) is 0 Å². The first kappa shape index (κ1) is 99.1. The molecule has 0 amide bonds. The van der Waals surface area contributed by atoms with Gasteiger partial charge in [0.15, 0.2) is 12.2 Å². The Bertz CT molecular complexity index is 1940. The summed E-state index contributed by atoms with van der Waals surface area (Å²) in [6.07, 6.45) is 63.8. The van der Waals surface area contributed by atoms with Gasteiger partial charge in [-0.05, 0) is 37.5 Å². The zero-order chi connectivity index (χ0) is 74.2. The number of aliphatic hydroxyl groups is 1. The van der Waals surface area contributed by atoms with E-state index in [2.05, 4.69) is 41.5 Å². The summed E-state index contributed by atoms with van der Waals surface area (Å²) in [5, 5.41) is 10.7. The van der Waals surface area contributed by atoms with Gasteiger partial charge < -0.3 is 33.8 Å². The zero-order valence-corrected chi connectivity index (χ0v) is 68.0. The van der Waals surface area contributed by atoms with Crippen molar-refractivity contribution < 1.29 is 80.2 Å². The molecule has 0 fully saturated rings. The van der Waals surface area contributed by atoms with E-state index in [9.17, 15) is 43.2 Å². The second-order valence-electron chi connectivity index (χ2n) is 30.2. The number of hydrogen-bond acceptors (Lipinski definition) is 15. The molecule has 3 unspecified atom stereocenters. The Balaban J connectivity index is 5.25. The van der Waals surface area contributed by atoms with Crippen molar-refractivity contribution in [2.45, 2.75) is 452 Å². The predicted octanol–water partition coefficient (Wildman–Crippen LogP) is 24.7. The quantitative estimate of drug-likeness (QED) is 0.0222. The summed E-state index contributed by atoms with van der Waals surface area (Å²) in [5.41, 5.74) is 0. The largest absolute Gasteiger partial charge is 0.472 e. The molecule has 0 rings (SSSR count). The molecule has 0 saturated heterocycles. The van der Waals surface area contributed by atoms with Crippen molar-refractivity contribution in [2.75, 3.05) is 39.6 Å². The molecule has 0 spiro atoms. The van der Waals surface area contributed by atoms with Gasteiger partial charge in [0.05, 0.1) is 26.4 Å². The maximum Gasteiger partial charge on any atom is 0.472 e. The zero-order valence-electron chi connectivity index (χ0n) is 66.2. The average molecular weight is 1480 g/mol. The number of unbranched alkanes of at least 4 members (excludes halogenated alkanes) is 50. The number of carbonyl (C=O) groups excluding carboxylic acids is 4. The smallest absolute Gasteiger partial charge is 0.462 e. The lowest BCUT2D eigenvalue weighted by atomic mass is 9.99. The van der Waals surface area contributed by atoms with Crippen LogP contribution in [0.3, 0.4) is 0 Å². The highest BCUT2D eigenvalue weighted by molar-refractivity contribution is 7.47. The van der Waals surface area contributed by atoms with Crippen molar-refractivity contribution in [1.29, 1.82) is 0 Å². The Morgan fingerprint density at radius 2 is 0.505 bits per heavy atom. The highest BCUT2D eigenvalue weighted by Gasteiger charge is 2.30. The van der Waals surface area contributed by atoms with E-state index in [1.165, 1.54) is 250 Å². The normalized spacial score (nSPS) is 14.2. The topological polar surface area (TPSA) is 237 Å². The van der Waals surface area contributed by atoms with E-state index >= 15 is 0 Å². The van der Waals surface area contributed by atoms with Crippen LogP contribution in [0.1, 0.15) is 433 Å². The lowest BCUT2D eigenvalue weighted by Crippen LogP contribution is -2.30. The molecule has 6 atom stereocenters. The van der Waals surface area contributed by atoms with E-state index in [-0.39, 0.29) is 25.7 Å². The first-order chi connectivity index (χ1) is 48.9. The molecule has 17 nitrogen and oxygen atoms in total. The number of carbonyl (C=O) groups is 4. The summed E-state index contributed by atoms with van der Waals surface area (Å²) in [7, 11) is -9.92. The van der Waals surface area contributed by atoms with Crippen LogP contribution in [-0.2, 0) is 65.4 Å². The van der Waals surface area contributed by atoms with Gasteiger partial charge in [-0.1, -0.05) is 382 Å². The number of phosphoric ester groups is 2. The second kappa shape index (κ2) is 73.6. The van der Waals surface area contributed by atoms with Crippen LogP contribution >= 0.6 is 15.6 Å². The first-order valence-corrected chi connectivity index (χ1v) is 45.5. The molecule has 19 heteroatoms. The third-order valence-electron chi connectivity index (χ3n) is 19.6. The van der Waals surface area contributed by atoms with Crippen LogP contribution in [0.25, 0.3) is 0 Å². The number of rotatable bonds is 81. The number of hydrogen-bond donors (Lipinski definition) is 3. The van der Waals surface area contributed by atoms with Gasteiger partial charge in [0.2, 0.25) is 0 Å². The van der Waals surface area contributed by atoms with E-state index in [1.54, 1.807) is 0 Å². The van der Waals surface area contributed by atoms with Crippen LogP contribution in [0.15, 0.2) is 0 Å². The Morgan fingerprint density at radius 3 is 0.752 bits per heavy atom. The molecule has 600 valence electrons. The molecule has 0 saturated carbocycles. The summed E-state index contributed by atoms with van der Waals surface area (Å²) in [4.78, 5) is 73.1. The molecule has 0 aliphatic carbocycles. The van der Waals surface area contributed by atoms with Gasteiger partial charge >= 0.3 is 39.5 Å². The van der Waals surface area contributed by atoms with Crippen molar-refractivity contribution in [3.05, 3.63) is 0 Å². The van der Waals surface area contributed by atoms with Gasteiger partial charge in [-0.3, -0.25) is 37.3 Å². The number of ether oxygens (including phenoxy) is 4. The molecular weight excluding hydrogens is 1320 g/mol. The minimum absolute atomic E-state index is 0.106. The van der Waals surface area contributed by atoms with Crippen LogP contribution in [-0.4, -0.2) is 96.7 Å². The van der Waals surface area contributed by atoms with Crippen molar-refractivity contribution in [3.8, 4) is 0 Å². The van der Waals surface area contributed by atoms with Gasteiger partial charge in [-0.2, -0.15) is 0 Å². The van der Waals surface area contributed by atoms with E-state index in [0.29, 0.717) is 25.7 Å². The molecule has 0 aliphatic rings. The maximum absolute atomic E-state index is 13.1. The molecule has 0 aromatic rings. The molecule has 0 aliphatic heterocycles. The van der Waals surface area contributed by atoms with Gasteiger partial charge in [-0.15, -0.1) is 0 Å². The van der Waals surface area contributed by atoms with Gasteiger partial charge in [0.1, 0.15) is 19.3 Å². The molecule has 0 radical (unpaired) electrons. The summed E-state index contributed by atoms with van der Waals surface area (Å²) in [6, 6.07) is 0. The van der Waals surface area contributed by atoms with Gasteiger partial charge in [-0.25, -0.2) is 9.13 Å². The second-order valence-corrected chi connectivity index (χ2v) is 33.1. The van der Waals surface area contributed by atoms with E-state index in [4.69, 9.17) is 37.0 Å². The molecular formula is C82H160O17P2. The van der Waals surface area contributed by atoms with Gasteiger partial charge in [0.25, 0.3) is 0 Å². The Labute approximate surface area is 619 Å². The highest BCUT2D eigenvalue weighted by atomic mass is 31.2. The van der Waals surface area contributed by atoms with E-state index < -0.39 is 97.5 Å². The van der Waals surface area contributed by atoms with E-state index in [1.807, 2.05) is 0 Å². The highest BCUT2D eigenvalue weighted by Crippen LogP contribution is 2.45.